The third-order valence-electron chi connectivity index (χ3n) is 1.70. The maximum absolute atomic E-state index is 12.6. The Morgan fingerprint density at radius 3 is 3.00 bits per heavy atom. The van der Waals surface area contributed by atoms with Crippen molar-refractivity contribution in [2.45, 2.75) is 18.9 Å². The average Bonchev–Trinajstić information content (AvgIpc) is 2.17. The Hall–Kier alpha value is -1.13. The van der Waals surface area contributed by atoms with Gasteiger partial charge in [-0.2, -0.15) is 5.10 Å². The Balaban J connectivity index is 2.37. The topological polar surface area (TPSA) is 43.8 Å². The maximum atomic E-state index is 12.6. The molecule has 5 heteroatoms. The summed E-state index contributed by atoms with van der Waals surface area (Å²) in [6.07, 6.45) is -0.239. The molecule has 1 aliphatic rings. The van der Waals surface area contributed by atoms with Gasteiger partial charge in [-0.15, -0.1) is 0 Å². The molecule has 2 heterocycles. The normalized spacial score (nSPS) is 20.2. The summed E-state index contributed by atoms with van der Waals surface area (Å²) in [5, 5.41) is 3.70. The van der Waals surface area contributed by atoms with Crippen LogP contribution in [0.15, 0.2) is 6.07 Å². The van der Waals surface area contributed by atoms with Gasteiger partial charge in [0.05, 0.1) is 6.42 Å². The standard InChI is InChI=1S/C6H7F2N3/c7-6(8)2-4-1-5(9)10-11(4)3-6/h1H,2-3H2,(H2,9,10). The number of halogens is 2. The third-order valence-corrected chi connectivity index (χ3v) is 1.70. The zero-order valence-electron chi connectivity index (χ0n) is 5.72. The Labute approximate surface area is 61.8 Å². The van der Waals surface area contributed by atoms with Crippen molar-refractivity contribution in [1.82, 2.24) is 9.78 Å². The summed E-state index contributed by atoms with van der Waals surface area (Å²) in [5.41, 5.74) is 5.82. The lowest BCUT2D eigenvalue weighted by Gasteiger charge is -2.04. The van der Waals surface area contributed by atoms with Crippen LogP contribution in [0.1, 0.15) is 5.69 Å². The molecule has 1 aromatic rings. The molecule has 0 amide bonds. The van der Waals surface area contributed by atoms with E-state index in [9.17, 15) is 8.78 Å². The van der Waals surface area contributed by atoms with Gasteiger partial charge in [0.1, 0.15) is 12.4 Å². The maximum Gasteiger partial charge on any atom is 0.272 e. The van der Waals surface area contributed by atoms with Crippen LogP contribution in [0.5, 0.6) is 0 Å². The van der Waals surface area contributed by atoms with E-state index < -0.39 is 5.92 Å². The van der Waals surface area contributed by atoms with Crippen molar-refractivity contribution in [3.8, 4) is 0 Å². The van der Waals surface area contributed by atoms with Gasteiger partial charge in [0.15, 0.2) is 0 Å². The highest BCUT2D eigenvalue weighted by molar-refractivity contribution is 5.31. The van der Waals surface area contributed by atoms with E-state index in [0.29, 0.717) is 11.5 Å². The number of rotatable bonds is 0. The van der Waals surface area contributed by atoms with Gasteiger partial charge in [-0.25, -0.2) is 8.78 Å². The fraction of sp³-hybridized carbons (Fsp3) is 0.500. The SMILES string of the molecule is Nc1cc2n(n1)CC(F)(F)C2. The van der Waals surface area contributed by atoms with E-state index in [0.717, 1.165) is 0 Å². The zero-order valence-corrected chi connectivity index (χ0v) is 5.72. The molecule has 60 valence electrons. The molecule has 0 radical (unpaired) electrons. The minimum absolute atomic E-state index is 0.239. The number of aromatic nitrogens is 2. The molecule has 0 saturated heterocycles. The van der Waals surface area contributed by atoms with Gasteiger partial charge < -0.3 is 5.73 Å². The van der Waals surface area contributed by atoms with Crippen LogP contribution >= 0.6 is 0 Å². The second-order valence-corrected chi connectivity index (χ2v) is 2.75. The summed E-state index contributed by atoms with van der Waals surface area (Å²) in [6, 6.07) is 1.49. The highest BCUT2D eigenvalue weighted by atomic mass is 19.3. The summed E-state index contributed by atoms with van der Waals surface area (Å²) in [5.74, 6) is -2.31. The fourth-order valence-corrected chi connectivity index (χ4v) is 1.30. The number of alkyl halides is 2. The van der Waals surface area contributed by atoms with Crippen molar-refractivity contribution in [1.29, 1.82) is 0 Å². The molecule has 2 N–H and O–H groups in total. The monoisotopic (exact) mass is 159 g/mol. The number of hydrogen-bond acceptors (Lipinski definition) is 2. The first kappa shape index (κ1) is 6.57. The summed E-state index contributed by atoms with van der Waals surface area (Å²) >= 11 is 0. The van der Waals surface area contributed by atoms with Gasteiger partial charge in [0, 0.05) is 11.8 Å². The number of anilines is 1. The quantitative estimate of drug-likeness (QED) is 0.604. The van der Waals surface area contributed by atoms with Gasteiger partial charge in [0.25, 0.3) is 5.92 Å². The molecule has 0 saturated carbocycles. The fourth-order valence-electron chi connectivity index (χ4n) is 1.30. The predicted molar refractivity (Wildman–Crippen MR) is 35.3 cm³/mol. The molecule has 3 nitrogen and oxygen atoms in total. The van der Waals surface area contributed by atoms with E-state index in [1.54, 1.807) is 0 Å². The van der Waals surface area contributed by atoms with Crippen molar-refractivity contribution in [2.24, 2.45) is 0 Å². The van der Waals surface area contributed by atoms with Crippen LogP contribution in [-0.2, 0) is 13.0 Å². The van der Waals surface area contributed by atoms with E-state index in [2.05, 4.69) is 5.10 Å². The van der Waals surface area contributed by atoms with E-state index in [1.165, 1.54) is 10.7 Å². The second-order valence-electron chi connectivity index (χ2n) is 2.75. The first-order chi connectivity index (χ1) is 5.07. The third kappa shape index (κ3) is 0.961. The van der Waals surface area contributed by atoms with Crippen molar-refractivity contribution >= 4 is 5.82 Å². The molecular formula is C6H7F2N3. The Kier molecular flexibility index (Phi) is 1.03. The lowest BCUT2D eigenvalue weighted by Crippen LogP contribution is -2.17. The van der Waals surface area contributed by atoms with Crippen LogP contribution < -0.4 is 5.73 Å². The highest BCUT2D eigenvalue weighted by Crippen LogP contribution is 2.29. The number of hydrogen-bond donors (Lipinski definition) is 1. The molecule has 11 heavy (non-hydrogen) atoms. The number of nitrogens with two attached hydrogens (primary N) is 1. The molecule has 0 aromatic carbocycles. The highest BCUT2D eigenvalue weighted by Gasteiger charge is 2.38. The molecule has 0 aliphatic carbocycles. The molecule has 2 rings (SSSR count). The molecule has 0 atom stereocenters. The average molecular weight is 159 g/mol. The second kappa shape index (κ2) is 1.72. The van der Waals surface area contributed by atoms with Crippen molar-refractivity contribution in [2.75, 3.05) is 5.73 Å². The first-order valence-electron chi connectivity index (χ1n) is 3.27. The Morgan fingerprint density at radius 1 is 1.64 bits per heavy atom. The summed E-state index contributed by atoms with van der Waals surface area (Å²) < 4.78 is 26.5. The number of nitrogens with zero attached hydrogens (tertiary/aromatic N) is 2. The van der Waals surface area contributed by atoms with Crippen LogP contribution in [0.25, 0.3) is 0 Å². The van der Waals surface area contributed by atoms with E-state index in [-0.39, 0.29) is 13.0 Å². The van der Waals surface area contributed by atoms with Crippen LogP contribution in [0.4, 0.5) is 14.6 Å². The molecule has 0 unspecified atom stereocenters. The Bertz CT molecular complexity index is 267. The largest absolute Gasteiger partial charge is 0.382 e. The Morgan fingerprint density at radius 2 is 2.36 bits per heavy atom. The predicted octanol–water partition coefficient (Wildman–Crippen LogP) is 0.657. The molecule has 0 fully saturated rings. The van der Waals surface area contributed by atoms with Crippen LogP contribution in [0.2, 0.25) is 0 Å². The van der Waals surface area contributed by atoms with Crippen molar-refractivity contribution in [3.63, 3.8) is 0 Å². The van der Waals surface area contributed by atoms with E-state index in [1.807, 2.05) is 0 Å². The van der Waals surface area contributed by atoms with Crippen molar-refractivity contribution < 1.29 is 8.78 Å². The zero-order chi connectivity index (χ0) is 8.06. The lowest BCUT2D eigenvalue weighted by molar-refractivity contribution is 0.00108. The molecule has 0 spiro atoms. The number of fused-ring (bicyclic) bond motifs is 1. The van der Waals surface area contributed by atoms with Crippen LogP contribution in [-0.4, -0.2) is 15.7 Å². The number of nitrogen functional groups attached to an aromatic ring is 1. The smallest absolute Gasteiger partial charge is 0.272 e. The van der Waals surface area contributed by atoms with E-state index in [4.69, 9.17) is 5.73 Å². The summed E-state index contributed by atoms with van der Waals surface area (Å²) in [4.78, 5) is 0. The van der Waals surface area contributed by atoms with Crippen molar-refractivity contribution in [3.05, 3.63) is 11.8 Å². The minimum Gasteiger partial charge on any atom is -0.382 e. The molecule has 1 aliphatic heterocycles. The van der Waals surface area contributed by atoms with Gasteiger partial charge in [0.2, 0.25) is 0 Å². The van der Waals surface area contributed by atoms with Gasteiger partial charge in [-0.1, -0.05) is 0 Å². The van der Waals surface area contributed by atoms with Crippen LogP contribution in [0, 0.1) is 0 Å². The molecular weight excluding hydrogens is 152 g/mol. The molecule has 0 bridgehead atoms. The van der Waals surface area contributed by atoms with Crippen LogP contribution in [0.3, 0.4) is 0 Å². The summed E-state index contributed by atoms with van der Waals surface area (Å²) in [7, 11) is 0. The first-order valence-corrected chi connectivity index (χ1v) is 3.27. The minimum atomic E-state index is -2.63. The van der Waals surface area contributed by atoms with Gasteiger partial charge in [-0.3, -0.25) is 4.68 Å². The van der Waals surface area contributed by atoms with E-state index >= 15 is 0 Å². The molecule has 1 aromatic heterocycles. The lowest BCUT2D eigenvalue weighted by atomic mass is 10.2. The van der Waals surface area contributed by atoms with Gasteiger partial charge in [-0.05, 0) is 0 Å². The summed E-state index contributed by atoms with van der Waals surface area (Å²) in [6.45, 7) is -0.334. The van der Waals surface area contributed by atoms with Gasteiger partial charge >= 0.3 is 0 Å².